The van der Waals surface area contributed by atoms with E-state index in [2.05, 4.69) is 54.6 Å². The lowest BCUT2D eigenvalue weighted by molar-refractivity contribution is 0.284. The summed E-state index contributed by atoms with van der Waals surface area (Å²) in [6, 6.07) is 0.924. The van der Waals surface area contributed by atoms with Crippen LogP contribution in [0.15, 0.2) is 12.4 Å². The molecule has 1 unspecified atom stereocenters. The smallest absolute Gasteiger partial charge is 0.203 e. The standard InChI is InChI=1S/C11H22N4/c1-9(2)13-11-12-6-7-15(11)8-10(3)14(4)5/h6-7,9-10H,8H2,1-5H3,(H,12,13). The van der Waals surface area contributed by atoms with Crippen LogP contribution < -0.4 is 5.32 Å². The van der Waals surface area contributed by atoms with Crippen molar-refractivity contribution in [3.63, 3.8) is 0 Å². The molecule has 0 aliphatic heterocycles. The average molecular weight is 210 g/mol. The van der Waals surface area contributed by atoms with Crippen molar-refractivity contribution in [1.82, 2.24) is 14.5 Å². The number of imidazole rings is 1. The number of rotatable bonds is 5. The van der Waals surface area contributed by atoms with E-state index < -0.39 is 0 Å². The molecule has 15 heavy (non-hydrogen) atoms. The van der Waals surface area contributed by atoms with Crippen molar-refractivity contribution in [2.75, 3.05) is 19.4 Å². The lowest BCUT2D eigenvalue weighted by Crippen LogP contribution is -2.29. The number of nitrogens with one attached hydrogen (secondary N) is 1. The predicted molar refractivity (Wildman–Crippen MR) is 64.1 cm³/mol. The number of hydrogen-bond donors (Lipinski definition) is 1. The van der Waals surface area contributed by atoms with Gasteiger partial charge in [-0.15, -0.1) is 0 Å². The Kier molecular flexibility index (Phi) is 4.15. The second-order valence-electron chi connectivity index (χ2n) is 4.51. The van der Waals surface area contributed by atoms with Crippen LogP contribution in [-0.4, -0.2) is 40.6 Å². The molecule has 0 fully saturated rings. The molecule has 0 spiro atoms. The summed E-state index contributed by atoms with van der Waals surface area (Å²) in [7, 11) is 4.19. The first kappa shape index (κ1) is 12.0. The van der Waals surface area contributed by atoms with E-state index in [1.54, 1.807) is 0 Å². The molecule has 0 amide bonds. The van der Waals surface area contributed by atoms with Gasteiger partial charge in [0.2, 0.25) is 5.95 Å². The molecule has 1 atom stereocenters. The highest BCUT2D eigenvalue weighted by Gasteiger charge is 2.09. The summed E-state index contributed by atoms with van der Waals surface area (Å²) < 4.78 is 2.16. The fraction of sp³-hybridized carbons (Fsp3) is 0.727. The largest absolute Gasteiger partial charge is 0.353 e. The number of hydrogen-bond acceptors (Lipinski definition) is 3. The Labute approximate surface area is 92.3 Å². The Hall–Kier alpha value is -1.03. The molecular weight excluding hydrogens is 188 g/mol. The minimum Gasteiger partial charge on any atom is -0.353 e. The van der Waals surface area contributed by atoms with E-state index in [-0.39, 0.29) is 0 Å². The molecule has 86 valence electrons. The van der Waals surface area contributed by atoms with E-state index in [1.165, 1.54) is 0 Å². The van der Waals surface area contributed by atoms with Gasteiger partial charge in [0.05, 0.1) is 0 Å². The maximum atomic E-state index is 4.30. The molecule has 0 aromatic carbocycles. The minimum atomic E-state index is 0.417. The molecule has 0 aliphatic carbocycles. The van der Waals surface area contributed by atoms with Crippen molar-refractivity contribution in [3.05, 3.63) is 12.4 Å². The van der Waals surface area contributed by atoms with Crippen molar-refractivity contribution in [3.8, 4) is 0 Å². The Bertz CT molecular complexity index is 291. The van der Waals surface area contributed by atoms with Gasteiger partial charge in [-0.3, -0.25) is 0 Å². The molecular formula is C11H22N4. The van der Waals surface area contributed by atoms with E-state index in [9.17, 15) is 0 Å². The quantitative estimate of drug-likeness (QED) is 0.802. The number of nitrogens with zero attached hydrogens (tertiary/aromatic N) is 3. The van der Waals surface area contributed by atoms with Crippen molar-refractivity contribution in [2.45, 2.75) is 39.4 Å². The molecule has 1 aromatic heterocycles. The summed E-state index contributed by atoms with van der Waals surface area (Å²) in [6.45, 7) is 7.41. The van der Waals surface area contributed by atoms with Crippen LogP contribution >= 0.6 is 0 Å². The SMILES string of the molecule is CC(C)Nc1nccn1CC(C)N(C)C. The van der Waals surface area contributed by atoms with Gasteiger partial charge in [0.15, 0.2) is 0 Å². The summed E-state index contributed by atoms with van der Waals surface area (Å²) >= 11 is 0. The highest BCUT2D eigenvalue weighted by Crippen LogP contribution is 2.08. The monoisotopic (exact) mass is 210 g/mol. The van der Waals surface area contributed by atoms with Gasteiger partial charge in [0, 0.05) is 31.0 Å². The van der Waals surface area contributed by atoms with Crippen molar-refractivity contribution >= 4 is 5.95 Å². The maximum absolute atomic E-state index is 4.30. The van der Waals surface area contributed by atoms with Gasteiger partial charge < -0.3 is 14.8 Å². The van der Waals surface area contributed by atoms with Crippen LogP contribution in [0.25, 0.3) is 0 Å². The van der Waals surface area contributed by atoms with Gasteiger partial charge in [-0.05, 0) is 34.9 Å². The number of likely N-dealkylation sites (N-methyl/N-ethyl adjacent to an activating group) is 1. The topological polar surface area (TPSA) is 33.1 Å². The van der Waals surface area contributed by atoms with Gasteiger partial charge in [0.1, 0.15) is 0 Å². The van der Waals surface area contributed by atoms with E-state index in [0.29, 0.717) is 12.1 Å². The summed E-state index contributed by atoms with van der Waals surface area (Å²) in [6.07, 6.45) is 3.86. The number of aromatic nitrogens is 2. The molecule has 4 heteroatoms. The third kappa shape index (κ3) is 3.55. The lowest BCUT2D eigenvalue weighted by atomic mass is 10.3. The zero-order valence-corrected chi connectivity index (χ0v) is 10.4. The van der Waals surface area contributed by atoms with Gasteiger partial charge in [-0.2, -0.15) is 0 Å². The summed E-state index contributed by atoms with van der Waals surface area (Å²) in [5.74, 6) is 0.957. The van der Waals surface area contributed by atoms with Crippen LogP contribution in [0.3, 0.4) is 0 Å². The second kappa shape index (κ2) is 5.16. The zero-order chi connectivity index (χ0) is 11.4. The minimum absolute atomic E-state index is 0.417. The molecule has 0 aliphatic rings. The lowest BCUT2D eigenvalue weighted by Gasteiger charge is -2.21. The van der Waals surface area contributed by atoms with Gasteiger partial charge >= 0.3 is 0 Å². The molecule has 1 rings (SSSR count). The maximum Gasteiger partial charge on any atom is 0.203 e. The Morgan fingerprint density at radius 3 is 2.60 bits per heavy atom. The van der Waals surface area contributed by atoms with E-state index in [1.807, 2.05) is 12.4 Å². The Morgan fingerprint density at radius 2 is 2.07 bits per heavy atom. The third-order valence-corrected chi connectivity index (χ3v) is 2.48. The van der Waals surface area contributed by atoms with Crippen LogP contribution in [-0.2, 0) is 6.54 Å². The van der Waals surface area contributed by atoms with Crippen LogP contribution in [0.4, 0.5) is 5.95 Å². The van der Waals surface area contributed by atoms with Crippen molar-refractivity contribution < 1.29 is 0 Å². The van der Waals surface area contributed by atoms with Gasteiger partial charge in [-0.25, -0.2) is 4.98 Å². The van der Waals surface area contributed by atoms with Crippen molar-refractivity contribution in [2.24, 2.45) is 0 Å². The van der Waals surface area contributed by atoms with Crippen LogP contribution in [0.5, 0.6) is 0 Å². The van der Waals surface area contributed by atoms with E-state index >= 15 is 0 Å². The summed E-state index contributed by atoms with van der Waals surface area (Å²) in [5.41, 5.74) is 0. The van der Waals surface area contributed by atoms with Crippen molar-refractivity contribution in [1.29, 1.82) is 0 Å². The van der Waals surface area contributed by atoms with Gasteiger partial charge in [0.25, 0.3) is 0 Å². The summed E-state index contributed by atoms with van der Waals surface area (Å²) in [5, 5.41) is 3.33. The first-order valence-corrected chi connectivity index (χ1v) is 5.44. The molecule has 1 aromatic rings. The van der Waals surface area contributed by atoms with Gasteiger partial charge in [-0.1, -0.05) is 0 Å². The second-order valence-corrected chi connectivity index (χ2v) is 4.51. The Morgan fingerprint density at radius 1 is 1.40 bits per heavy atom. The predicted octanol–water partition coefficient (Wildman–Crippen LogP) is 1.65. The third-order valence-electron chi connectivity index (χ3n) is 2.48. The fourth-order valence-electron chi connectivity index (χ4n) is 1.30. The zero-order valence-electron chi connectivity index (χ0n) is 10.4. The van der Waals surface area contributed by atoms with Crippen LogP contribution in [0.1, 0.15) is 20.8 Å². The normalized spacial score (nSPS) is 13.5. The first-order chi connectivity index (χ1) is 7.00. The van der Waals surface area contributed by atoms with Crippen LogP contribution in [0.2, 0.25) is 0 Å². The molecule has 1 N–H and O–H groups in total. The molecule has 0 saturated heterocycles. The van der Waals surface area contributed by atoms with E-state index in [0.717, 1.165) is 12.5 Å². The highest BCUT2D eigenvalue weighted by molar-refractivity contribution is 5.26. The summed E-state index contributed by atoms with van der Waals surface area (Å²) in [4.78, 5) is 6.51. The first-order valence-electron chi connectivity index (χ1n) is 5.44. The number of anilines is 1. The molecule has 0 bridgehead atoms. The highest BCUT2D eigenvalue weighted by atomic mass is 15.2. The van der Waals surface area contributed by atoms with E-state index in [4.69, 9.17) is 0 Å². The molecule has 4 nitrogen and oxygen atoms in total. The molecule has 0 radical (unpaired) electrons. The van der Waals surface area contributed by atoms with Crippen LogP contribution in [0, 0.1) is 0 Å². The molecule has 1 heterocycles. The average Bonchev–Trinajstić information content (AvgIpc) is 2.51. The fourth-order valence-corrected chi connectivity index (χ4v) is 1.30. The Balaban J connectivity index is 2.64. The molecule has 0 saturated carbocycles.